The number of amides is 1. The third-order valence-corrected chi connectivity index (χ3v) is 6.52. The number of hydrogen-bond donors (Lipinski definition) is 1. The maximum atomic E-state index is 12.6. The first-order valence-electron chi connectivity index (χ1n) is 8.74. The van der Waals surface area contributed by atoms with Crippen molar-refractivity contribution in [3.8, 4) is 0 Å². The first kappa shape index (κ1) is 19.3. The van der Waals surface area contributed by atoms with Crippen LogP contribution >= 0.6 is 0 Å². The highest BCUT2D eigenvalue weighted by Gasteiger charge is 2.39. The summed E-state index contributed by atoms with van der Waals surface area (Å²) >= 11 is 0. The number of sulfonamides is 1. The predicted molar refractivity (Wildman–Crippen MR) is 95.1 cm³/mol. The van der Waals surface area contributed by atoms with Crippen molar-refractivity contribution >= 4 is 15.9 Å². The van der Waals surface area contributed by atoms with Crippen LogP contribution in [0, 0.1) is 6.92 Å². The summed E-state index contributed by atoms with van der Waals surface area (Å²) in [5.41, 5.74) is 0.665. The van der Waals surface area contributed by atoms with E-state index in [0.29, 0.717) is 38.2 Å². The van der Waals surface area contributed by atoms with Crippen molar-refractivity contribution in [2.24, 2.45) is 7.05 Å². The molecule has 10 heteroatoms. The Labute approximate surface area is 154 Å². The standard InChI is InChI=1S/C16H27N5O4S/c1-11-5-16(20(4)17-11)26(23,24)18-12-6-13-10-25-14(9-21(13)8-12)7-15(22)19(2)3/h5,12-14,18H,6-10H2,1-4H3/t12-,13-,14-/m0/s1. The lowest BCUT2D eigenvalue weighted by molar-refractivity contribution is -0.134. The molecule has 2 aliphatic rings. The molecular formula is C16H27N5O4S. The number of nitrogens with zero attached hydrogens (tertiary/aromatic N) is 4. The van der Waals surface area contributed by atoms with Gasteiger partial charge in [-0.15, -0.1) is 0 Å². The molecule has 2 aliphatic heterocycles. The molecule has 1 aromatic rings. The maximum Gasteiger partial charge on any atom is 0.258 e. The fourth-order valence-electron chi connectivity index (χ4n) is 3.65. The van der Waals surface area contributed by atoms with Crippen LogP contribution in [0.4, 0.5) is 0 Å². The van der Waals surface area contributed by atoms with Gasteiger partial charge in [-0.25, -0.2) is 13.1 Å². The molecule has 0 aliphatic carbocycles. The fourth-order valence-corrected chi connectivity index (χ4v) is 5.09. The van der Waals surface area contributed by atoms with Crippen LogP contribution in [0.15, 0.2) is 11.1 Å². The van der Waals surface area contributed by atoms with E-state index in [1.807, 2.05) is 0 Å². The number of fused-ring (bicyclic) bond motifs is 1. The number of hydrogen-bond acceptors (Lipinski definition) is 6. The molecule has 1 amide bonds. The van der Waals surface area contributed by atoms with Crippen LogP contribution in [0.3, 0.4) is 0 Å². The molecule has 0 aromatic carbocycles. The van der Waals surface area contributed by atoms with Crippen molar-refractivity contribution in [1.82, 2.24) is 24.3 Å². The number of nitrogens with one attached hydrogen (secondary N) is 1. The summed E-state index contributed by atoms with van der Waals surface area (Å²) in [6, 6.07) is 1.57. The zero-order valence-corrected chi connectivity index (χ0v) is 16.5. The summed E-state index contributed by atoms with van der Waals surface area (Å²) < 4.78 is 35.3. The topological polar surface area (TPSA) is 96.8 Å². The summed E-state index contributed by atoms with van der Waals surface area (Å²) in [6.07, 6.45) is 0.905. The van der Waals surface area contributed by atoms with E-state index < -0.39 is 10.0 Å². The van der Waals surface area contributed by atoms with Crippen LogP contribution < -0.4 is 4.72 Å². The Morgan fingerprint density at radius 2 is 2.15 bits per heavy atom. The lowest BCUT2D eigenvalue weighted by Gasteiger charge is -2.35. The number of aromatic nitrogens is 2. The van der Waals surface area contributed by atoms with Gasteiger partial charge >= 0.3 is 0 Å². The van der Waals surface area contributed by atoms with Crippen molar-refractivity contribution in [3.05, 3.63) is 11.8 Å². The van der Waals surface area contributed by atoms with E-state index in [9.17, 15) is 13.2 Å². The predicted octanol–water partition coefficient (Wildman–Crippen LogP) is -0.673. The van der Waals surface area contributed by atoms with E-state index in [1.165, 1.54) is 4.68 Å². The van der Waals surface area contributed by atoms with Crippen molar-refractivity contribution in [2.45, 2.75) is 43.0 Å². The highest BCUT2D eigenvalue weighted by molar-refractivity contribution is 7.89. The molecule has 146 valence electrons. The fraction of sp³-hybridized carbons (Fsp3) is 0.750. The van der Waals surface area contributed by atoms with Gasteiger partial charge in [0.05, 0.1) is 24.8 Å². The molecule has 2 saturated heterocycles. The Hall–Kier alpha value is -1.49. The average molecular weight is 385 g/mol. The van der Waals surface area contributed by atoms with Gasteiger partial charge in [-0.3, -0.25) is 14.4 Å². The van der Waals surface area contributed by atoms with Crippen molar-refractivity contribution in [3.63, 3.8) is 0 Å². The highest BCUT2D eigenvalue weighted by Crippen LogP contribution is 2.25. The first-order valence-corrected chi connectivity index (χ1v) is 10.2. The normalized spacial score (nSPS) is 26.7. The second-order valence-electron chi connectivity index (χ2n) is 7.36. The van der Waals surface area contributed by atoms with Gasteiger partial charge in [0.1, 0.15) is 0 Å². The minimum atomic E-state index is -3.62. The largest absolute Gasteiger partial charge is 0.375 e. The van der Waals surface area contributed by atoms with Crippen LogP contribution in [-0.2, 0) is 26.6 Å². The third kappa shape index (κ3) is 4.08. The molecule has 1 aromatic heterocycles. The summed E-state index contributed by atoms with van der Waals surface area (Å²) in [5, 5.41) is 4.28. The van der Waals surface area contributed by atoms with Crippen molar-refractivity contribution in [2.75, 3.05) is 33.8 Å². The van der Waals surface area contributed by atoms with Gasteiger partial charge in [-0.05, 0) is 19.4 Å². The molecule has 3 atom stereocenters. The number of carbonyl (C=O) groups excluding carboxylic acids is 1. The van der Waals surface area contributed by atoms with Gasteiger partial charge in [0, 0.05) is 46.3 Å². The average Bonchev–Trinajstić information content (AvgIpc) is 3.08. The monoisotopic (exact) mass is 385 g/mol. The van der Waals surface area contributed by atoms with Crippen molar-refractivity contribution < 1.29 is 17.9 Å². The quantitative estimate of drug-likeness (QED) is 0.722. The molecule has 0 saturated carbocycles. The molecule has 0 unspecified atom stereocenters. The van der Waals surface area contributed by atoms with Crippen LogP contribution in [0.25, 0.3) is 0 Å². The van der Waals surface area contributed by atoms with E-state index in [2.05, 4.69) is 14.7 Å². The number of ether oxygens (including phenoxy) is 1. The molecule has 0 spiro atoms. The minimum Gasteiger partial charge on any atom is -0.375 e. The lowest BCUT2D eigenvalue weighted by atomic mass is 10.1. The minimum absolute atomic E-state index is 0.0384. The molecule has 0 radical (unpaired) electrons. The number of rotatable bonds is 5. The number of carbonyl (C=O) groups is 1. The molecule has 3 heterocycles. The third-order valence-electron chi connectivity index (χ3n) is 4.95. The van der Waals surface area contributed by atoms with E-state index in [-0.39, 0.29) is 29.1 Å². The molecule has 9 nitrogen and oxygen atoms in total. The number of aryl methyl sites for hydroxylation is 2. The number of morpholine rings is 1. The molecule has 2 fully saturated rings. The van der Waals surface area contributed by atoms with Gasteiger partial charge in [-0.2, -0.15) is 5.10 Å². The van der Waals surface area contributed by atoms with Gasteiger partial charge < -0.3 is 9.64 Å². The molecule has 0 bridgehead atoms. The Morgan fingerprint density at radius 3 is 2.77 bits per heavy atom. The SMILES string of the molecule is Cc1cc(S(=O)(=O)N[C@H]2C[C@H]3CO[C@@H](CC(=O)N(C)C)CN3C2)n(C)n1. The second kappa shape index (κ2) is 7.26. The summed E-state index contributed by atoms with van der Waals surface area (Å²) in [4.78, 5) is 15.7. The molecule has 26 heavy (non-hydrogen) atoms. The smallest absolute Gasteiger partial charge is 0.258 e. The highest BCUT2D eigenvalue weighted by atomic mass is 32.2. The molecular weight excluding hydrogens is 358 g/mol. The molecule has 1 N–H and O–H groups in total. The Morgan fingerprint density at radius 1 is 1.42 bits per heavy atom. The summed E-state index contributed by atoms with van der Waals surface area (Å²) in [5.74, 6) is 0.0384. The van der Waals surface area contributed by atoms with Crippen LogP contribution in [0.1, 0.15) is 18.5 Å². The van der Waals surface area contributed by atoms with Gasteiger partial charge in [0.2, 0.25) is 5.91 Å². The van der Waals surface area contributed by atoms with Gasteiger partial charge in [0.25, 0.3) is 10.0 Å². The Balaban J connectivity index is 1.60. The van der Waals surface area contributed by atoms with Gasteiger partial charge in [0.15, 0.2) is 5.03 Å². The van der Waals surface area contributed by atoms with Crippen molar-refractivity contribution in [1.29, 1.82) is 0 Å². The van der Waals surface area contributed by atoms with Crippen LogP contribution in [0.5, 0.6) is 0 Å². The first-order chi connectivity index (χ1) is 12.2. The van der Waals surface area contributed by atoms with E-state index in [1.54, 1.807) is 39.0 Å². The zero-order chi connectivity index (χ0) is 19.1. The summed E-state index contributed by atoms with van der Waals surface area (Å²) in [7, 11) is 1.47. The van der Waals surface area contributed by atoms with Crippen LogP contribution in [-0.4, -0.2) is 85.9 Å². The van der Waals surface area contributed by atoms with E-state index in [4.69, 9.17) is 4.74 Å². The lowest BCUT2D eigenvalue weighted by Crippen LogP contribution is -2.47. The van der Waals surface area contributed by atoms with E-state index >= 15 is 0 Å². The van der Waals surface area contributed by atoms with Gasteiger partial charge in [-0.1, -0.05) is 0 Å². The second-order valence-corrected chi connectivity index (χ2v) is 9.02. The maximum absolute atomic E-state index is 12.6. The van der Waals surface area contributed by atoms with Crippen LogP contribution in [0.2, 0.25) is 0 Å². The van der Waals surface area contributed by atoms with E-state index in [0.717, 1.165) is 0 Å². The summed E-state index contributed by atoms with van der Waals surface area (Å²) in [6.45, 7) is 3.56. The Bertz CT molecular complexity index is 776. The Kier molecular flexibility index (Phi) is 5.38. The molecule has 3 rings (SSSR count). The zero-order valence-electron chi connectivity index (χ0n) is 15.7.